The molecule has 0 aliphatic carbocycles. The number of hydrogen-bond donors (Lipinski definition) is 0. The molecule has 5 heteroatoms. The average Bonchev–Trinajstić information content (AvgIpc) is 3.03. The highest BCUT2D eigenvalue weighted by molar-refractivity contribution is 7.99. The van der Waals surface area contributed by atoms with Gasteiger partial charge in [-0.1, -0.05) is 47.6 Å². The summed E-state index contributed by atoms with van der Waals surface area (Å²) in [5.41, 5.74) is 2.84. The number of para-hydroxylation sites is 1. The van der Waals surface area contributed by atoms with Crippen LogP contribution in [0, 0.1) is 0 Å². The van der Waals surface area contributed by atoms with E-state index in [1.165, 1.54) is 0 Å². The molecule has 2 aliphatic heterocycles. The van der Waals surface area contributed by atoms with Gasteiger partial charge in [-0.25, -0.2) is 0 Å². The van der Waals surface area contributed by atoms with Crippen LogP contribution in [0.25, 0.3) is 0 Å². The first kappa shape index (κ1) is 15.3. The van der Waals surface area contributed by atoms with Crippen molar-refractivity contribution in [3.8, 4) is 0 Å². The number of carbonyl (C=O) groups is 1. The van der Waals surface area contributed by atoms with E-state index in [0.29, 0.717) is 6.42 Å². The molecule has 0 radical (unpaired) electrons. The van der Waals surface area contributed by atoms with Crippen molar-refractivity contribution in [3.63, 3.8) is 0 Å². The summed E-state index contributed by atoms with van der Waals surface area (Å²) in [5.74, 6) is 1.03. The van der Waals surface area contributed by atoms with Crippen LogP contribution in [0.1, 0.15) is 18.4 Å². The number of anilines is 1. The molecule has 2 aliphatic rings. The predicted octanol–water partition coefficient (Wildman–Crippen LogP) is 3.71. The van der Waals surface area contributed by atoms with Crippen LogP contribution in [-0.4, -0.2) is 30.0 Å². The third-order valence-electron chi connectivity index (χ3n) is 4.26. The summed E-state index contributed by atoms with van der Waals surface area (Å²) in [5, 5.41) is 4.15. The van der Waals surface area contributed by atoms with Crippen LogP contribution in [0.15, 0.2) is 64.6 Å². The molecule has 0 bridgehead atoms. The maximum atomic E-state index is 13.0. The van der Waals surface area contributed by atoms with E-state index in [2.05, 4.69) is 11.2 Å². The van der Waals surface area contributed by atoms with E-state index in [4.69, 9.17) is 4.84 Å². The summed E-state index contributed by atoms with van der Waals surface area (Å²) in [4.78, 5) is 21.5. The van der Waals surface area contributed by atoms with E-state index < -0.39 is 6.10 Å². The quantitative estimate of drug-likeness (QED) is 0.838. The van der Waals surface area contributed by atoms with Gasteiger partial charge in [0.05, 0.1) is 11.4 Å². The molecular weight excluding hydrogens is 320 g/mol. The van der Waals surface area contributed by atoms with Crippen molar-refractivity contribution >= 4 is 29.1 Å². The number of amides is 1. The first-order valence-electron chi connectivity index (χ1n) is 8.14. The molecule has 2 heterocycles. The summed E-state index contributed by atoms with van der Waals surface area (Å²) >= 11 is 1.81. The molecule has 4 rings (SSSR count). The fraction of sp³-hybridized carbons (Fsp3) is 0.263. The van der Waals surface area contributed by atoms with Gasteiger partial charge in [-0.2, -0.15) is 0 Å². The Morgan fingerprint density at radius 2 is 1.92 bits per heavy atom. The van der Waals surface area contributed by atoms with Gasteiger partial charge in [0.2, 0.25) is 6.10 Å². The van der Waals surface area contributed by atoms with E-state index >= 15 is 0 Å². The molecule has 0 fully saturated rings. The Morgan fingerprint density at radius 1 is 1.12 bits per heavy atom. The first-order valence-corrected chi connectivity index (χ1v) is 9.13. The van der Waals surface area contributed by atoms with Gasteiger partial charge in [-0.05, 0) is 29.9 Å². The van der Waals surface area contributed by atoms with Crippen LogP contribution < -0.4 is 4.90 Å². The van der Waals surface area contributed by atoms with E-state index in [1.807, 2.05) is 65.2 Å². The van der Waals surface area contributed by atoms with Crippen molar-refractivity contribution in [2.45, 2.75) is 23.8 Å². The fourth-order valence-electron chi connectivity index (χ4n) is 3.04. The van der Waals surface area contributed by atoms with E-state index in [1.54, 1.807) is 0 Å². The van der Waals surface area contributed by atoms with E-state index in [9.17, 15) is 4.79 Å². The van der Waals surface area contributed by atoms with Gasteiger partial charge in [-0.15, -0.1) is 11.8 Å². The fourth-order valence-corrected chi connectivity index (χ4v) is 4.04. The number of rotatable bonds is 2. The summed E-state index contributed by atoms with van der Waals surface area (Å²) < 4.78 is 0. The lowest BCUT2D eigenvalue weighted by atomic mass is 10.0. The maximum absolute atomic E-state index is 13.0. The van der Waals surface area contributed by atoms with Crippen molar-refractivity contribution in [2.24, 2.45) is 5.16 Å². The van der Waals surface area contributed by atoms with Crippen molar-refractivity contribution < 1.29 is 9.63 Å². The van der Waals surface area contributed by atoms with Gasteiger partial charge >= 0.3 is 0 Å². The molecule has 0 saturated heterocycles. The Kier molecular flexibility index (Phi) is 4.26. The van der Waals surface area contributed by atoms with Crippen LogP contribution in [0.3, 0.4) is 0 Å². The average molecular weight is 338 g/mol. The lowest BCUT2D eigenvalue weighted by molar-refractivity contribution is -0.128. The number of thioether (sulfide) groups is 1. The topological polar surface area (TPSA) is 41.9 Å². The molecule has 2 aromatic rings. The normalized spacial score (nSPS) is 19.9. The second-order valence-corrected chi connectivity index (χ2v) is 7.00. The van der Waals surface area contributed by atoms with Crippen LogP contribution in [-0.2, 0) is 9.63 Å². The van der Waals surface area contributed by atoms with Gasteiger partial charge in [0.1, 0.15) is 0 Å². The second kappa shape index (κ2) is 6.69. The predicted molar refractivity (Wildman–Crippen MR) is 96.6 cm³/mol. The standard InChI is InChI=1S/C19H18N2O2S/c22-19(17-13-15(20-23-17)14-7-2-1-3-8-14)21-11-6-12-24-18-10-5-4-9-16(18)21/h1-5,7-10,17H,6,11-13H2/t17-/m0/s1. The Labute approximate surface area is 145 Å². The minimum Gasteiger partial charge on any atom is -0.382 e. The molecule has 1 atom stereocenters. The zero-order chi connectivity index (χ0) is 16.4. The van der Waals surface area contributed by atoms with Crippen molar-refractivity contribution in [3.05, 3.63) is 60.2 Å². The van der Waals surface area contributed by atoms with Gasteiger partial charge in [0.15, 0.2) is 0 Å². The Morgan fingerprint density at radius 3 is 2.79 bits per heavy atom. The molecule has 0 spiro atoms. The number of benzene rings is 2. The van der Waals surface area contributed by atoms with Gasteiger partial charge in [-0.3, -0.25) is 4.79 Å². The summed E-state index contributed by atoms with van der Waals surface area (Å²) in [7, 11) is 0. The highest BCUT2D eigenvalue weighted by atomic mass is 32.2. The molecule has 0 aromatic heterocycles. The molecule has 0 N–H and O–H groups in total. The van der Waals surface area contributed by atoms with Crippen molar-refractivity contribution in [1.29, 1.82) is 0 Å². The second-order valence-electron chi connectivity index (χ2n) is 5.86. The summed E-state index contributed by atoms with van der Waals surface area (Å²) in [6, 6.07) is 18.0. The smallest absolute Gasteiger partial charge is 0.271 e. The zero-order valence-electron chi connectivity index (χ0n) is 13.2. The molecule has 1 amide bonds. The number of hydrogen-bond acceptors (Lipinski definition) is 4. The largest absolute Gasteiger partial charge is 0.382 e. The van der Waals surface area contributed by atoms with E-state index in [-0.39, 0.29) is 5.91 Å². The molecule has 2 aromatic carbocycles. The highest BCUT2D eigenvalue weighted by Gasteiger charge is 2.34. The third kappa shape index (κ3) is 2.91. The molecular formula is C19H18N2O2S. The third-order valence-corrected chi connectivity index (χ3v) is 5.41. The first-order chi connectivity index (χ1) is 11.8. The van der Waals surface area contributed by atoms with Crippen LogP contribution >= 0.6 is 11.8 Å². The number of fused-ring (bicyclic) bond motifs is 1. The SMILES string of the molecule is O=C([C@@H]1CC(c2ccccc2)=NO1)N1CCCSc2ccccc21. The van der Waals surface area contributed by atoms with Crippen LogP contribution in [0.5, 0.6) is 0 Å². The Bertz CT molecular complexity index is 776. The maximum Gasteiger partial charge on any atom is 0.271 e. The number of nitrogens with zero attached hydrogens (tertiary/aromatic N) is 2. The minimum atomic E-state index is -0.531. The van der Waals surface area contributed by atoms with Gasteiger partial charge in [0.25, 0.3) is 5.91 Å². The van der Waals surface area contributed by atoms with E-state index in [0.717, 1.165) is 40.6 Å². The Hall–Kier alpha value is -2.27. The molecule has 4 nitrogen and oxygen atoms in total. The zero-order valence-corrected chi connectivity index (χ0v) is 14.0. The molecule has 0 saturated carbocycles. The van der Waals surface area contributed by atoms with Gasteiger partial charge in [0, 0.05) is 17.9 Å². The lowest BCUT2D eigenvalue weighted by Crippen LogP contribution is -2.40. The van der Waals surface area contributed by atoms with Crippen LogP contribution in [0.2, 0.25) is 0 Å². The Balaban J connectivity index is 1.53. The lowest BCUT2D eigenvalue weighted by Gasteiger charge is -2.24. The minimum absolute atomic E-state index is 0.000342. The summed E-state index contributed by atoms with van der Waals surface area (Å²) in [6.07, 6.45) is 0.968. The molecule has 24 heavy (non-hydrogen) atoms. The molecule has 0 unspecified atom stereocenters. The van der Waals surface area contributed by atoms with Crippen molar-refractivity contribution in [2.75, 3.05) is 17.2 Å². The summed E-state index contributed by atoms with van der Waals surface area (Å²) in [6.45, 7) is 0.726. The van der Waals surface area contributed by atoms with Crippen LogP contribution in [0.4, 0.5) is 5.69 Å². The van der Waals surface area contributed by atoms with Gasteiger partial charge < -0.3 is 9.74 Å². The molecule has 122 valence electrons. The number of oxime groups is 1. The highest BCUT2D eigenvalue weighted by Crippen LogP contribution is 2.34. The van der Waals surface area contributed by atoms with Crippen molar-refractivity contribution in [1.82, 2.24) is 0 Å². The number of carbonyl (C=O) groups excluding carboxylic acids is 1. The monoisotopic (exact) mass is 338 g/mol.